The lowest BCUT2D eigenvalue weighted by Crippen LogP contribution is -2.16. The van der Waals surface area contributed by atoms with Crippen molar-refractivity contribution in [1.29, 1.82) is 0 Å². The molecule has 0 spiro atoms. The minimum atomic E-state index is 0.781. The third-order valence-electron chi connectivity index (χ3n) is 7.13. The third kappa shape index (κ3) is 5.72. The van der Waals surface area contributed by atoms with Crippen molar-refractivity contribution in [3.05, 3.63) is 59.7 Å². The molecule has 3 rings (SSSR count). The molecule has 0 aromatic heterocycles. The smallest absolute Gasteiger partial charge is 0.0162 e. The fourth-order valence-electron chi connectivity index (χ4n) is 5.06. The Morgan fingerprint density at radius 1 is 0.786 bits per heavy atom. The summed E-state index contributed by atoms with van der Waals surface area (Å²) in [4.78, 5) is 0. The first-order chi connectivity index (χ1) is 13.7. The van der Waals surface area contributed by atoms with E-state index < -0.39 is 0 Å². The Bertz CT molecular complexity index is 671. The lowest BCUT2D eigenvalue weighted by molar-refractivity contribution is 0.256. The Labute approximate surface area is 173 Å². The van der Waals surface area contributed by atoms with Crippen LogP contribution in [0.15, 0.2) is 48.5 Å². The second-order valence-corrected chi connectivity index (χ2v) is 9.04. The molecular formula is C28H40. The highest BCUT2D eigenvalue weighted by atomic mass is 14.3. The van der Waals surface area contributed by atoms with Gasteiger partial charge in [0.05, 0.1) is 0 Å². The van der Waals surface area contributed by atoms with Crippen molar-refractivity contribution in [2.24, 2.45) is 11.8 Å². The van der Waals surface area contributed by atoms with Crippen molar-refractivity contribution in [1.82, 2.24) is 0 Å². The van der Waals surface area contributed by atoms with Gasteiger partial charge in [-0.3, -0.25) is 0 Å². The second-order valence-electron chi connectivity index (χ2n) is 9.04. The summed E-state index contributed by atoms with van der Waals surface area (Å²) in [6.45, 7) is 6.93. The number of hydrogen-bond acceptors (Lipinski definition) is 0. The molecule has 0 saturated heterocycles. The molecule has 0 nitrogen and oxygen atoms in total. The van der Waals surface area contributed by atoms with Crippen LogP contribution in [-0.4, -0.2) is 0 Å². The van der Waals surface area contributed by atoms with Gasteiger partial charge in [-0.25, -0.2) is 0 Å². The summed E-state index contributed by atoms with van der Waals surface area (Å²) < 4.78 is 0. The van der Waals surface area contributed by atoms with E-state index in [2.05, 4.69) is 69.3 Å². The molecule has 1 saturated carbocycles. The maximum atomic E-state index is 2.39. The normalized spacial score (nSPS) is 20.8. The zero-order valence-electron chi connectivity index (χ0n) is 18.4. The highest BCUT2D eigenvalue weighted by Gasteiger charge is 2.24. The molecule has 1 atom stereocenters. The van der Waals surface area contributed by atoms with Crippen LogP contribution in [0.5, 0.6) is 0 Å². The van der Waals surface area contributed by atoms with E-state index in [4.69, 9.17) is 0 Å². The monoisotopic (exact) mass is 376 g/mol. The molecule has 0 aliphatic heterocycles. The number of rotatable bonds is 9. The minimum Gasteiger partial charge on any atom is -0.0654 e. The molecule has 0 heterocycles. The molecule has 1 aliphatic rings. The van der Waals surface area contributed by atoms with Crippen LogP contribution in [0.1, 0.15) is 95.6 Å². The van der Waals surface area contributed by atoms with Crippen LogP contribution < -0.4 is 0 Å². The summed E-state index contributed by atoms with van der Waals surface area (Å²) in [6.07, 6.45) is 13.8. The molecule has 2 aromatic rings. The maximum Gasteiger partial charge on any atom is -0.0162 e. The summed E-state index contributed by atoms with van der Waals surface area (Å²) in [6, 6.07) is 18.5. The van der Waals surface area contributed by atoms with Crippen LogP contribution in [0.2, 0.25) is 0 Å². The molecule has 28 heavy (non-hydrogen) atoms. The zero-order valence-corrected chi connectivity index (χ0v) is 18.4. The van der Waals surface area contributed by atoms with Crippen molar-refractivity contribution in [2.75, 3.05) is 0 Å². The van der Waals surface area contributed by atoms with Crippen LogP contribution in [0.3, 0.4) is 0 Å². The van der Waals surface area contributed by atoms with Gasteiger partial charge in [0, 0.05) is 0 Å². The highest BCUT2D eigenvalue weighted by Crippen LogP contribution is 2.39. The molecule has 0 N–H and O–H groups in total. The number of hydrogen-bond donors (Lipinski definition) is 0. The molecular weight excluding hydrogens is 336 g/mol. The minimum absolute atomic E-state index is 0.781. The molecule has 0 heteroatoms. The first-order valence-electron chi connectivity index (χ1n) is 11.9. The van der Waals surface area contributed by atoms with E-state index in [0.29, 0.717) is 0 Å². The van der Waals surface area contributed by atoms with E-state index >= 15 is 0 Å². The number of benzene rings is 2. The first-order valence-corrected chi connectivity index (χ1v) is 11.9. The van der Waals surface area contributed by atoms with Gasteiger partial charge in [0.2, 0.25) is 0 Å². The molecule has 0 amide bonds. The third-order valence-corrected chi connectivity index (χ3v) is 7.13. The Morgan fingerprint density at radius 2 is 1.39 bits per heavy atom. The average molecular weight is 377 g/mol. The standard InChI is InChI=1S/C28H40/c1-4-7-8-23(6-3)21-24-11-15-26(16-12-24)28-19-17-27(18-20-28)25-13-9-22(5-2)10-14-25/h9-10,13-14,17-20,23-24,26H,4-8,11-12,15-16,21H2,1-3H3. The van der Waals surface area contributed by atoms with Crippen molar-refractivity contribution < 1.29 is 0 Å². The summed E-state index contributed by atoms with van der Waals surface area (Å²) in [5.41, 5.74) is 5.66. The maximum absolute atomic E-state index is 2.39. The van der Waals surface area contributed by atoms with Gasteiger partial charge in [-0.1, -0.05) is 95.0 Å². The van der Waals surface area contributed by atoms with Gasteiger partial charge in [-0.05, 0) is 78.5 Å². The van der Waals surface area contributed by atoms with E-state index in [-0.39, 0.29) is 0 Å². The Kier molecular flexibility index (Phi) is 8.19. The summed E-state index contributed by atoms with van der Waals surface area (Å²) in [5, 5.41) is 0. The van der Waals surface area contributed by atoms with Crippen molar-refractivity contribution in [3.63, 3.8) is 0 Å². The van der Waals surface area contributed by atoms with E-state index in [9.17, 15) is 0 Å². The predicted molar refractivity (Wildman–Crippen MR) is 124 cm³/mol. The highest BCUT2D eigenvalue weighted by molar-refractivity contribution is 5.64. The fraction of sp³-hybridized carbons (Fsp3) is 0.571. The van der Waals surface area contributed by atoms with Gasteiger partial charge < -0.3 is 0 Å². The molecule has 1 fully saturated rings. The zero-order chi connectivity index (χ0) is 19.8. The van der Waals surface area contributed by atoms with Gasteiger partial charge >= 0.3 is 0 Å². The number of aryl methyl sites for hydroxylation is 1. The topological polar surface area (TPSA) is 0 Å². The van der Waals surface area contributed by atoms with Gasteiger partial charge in [0.1, 0.15) is 0 Å². The van der Waals surface area contributed by atoms with Gasteiger partial charge in [-0.2, -0.15) is 0 Å². The van der Waals surface area contributed by atoms with E-state index in [0.717, 1.165) is 24.2 Å². The Hall–Kier alpha value is -1.56. The summed E-state index contributed by atoms with van der Waals surface area (Å²) in [5.74, 6) is 2.73. The van der Waals surface area contributed by atoms with Crippen molar-refractivity contribution in [3.8, 4) is 11.1 Å². The lowest BCUT2D eigenvalue weighted by Gasteiger charge is -2.31. The largest absolute Gasteiger partial charge is 0.0654 e. The Morgan fingerprint density at radius 3 is 1.93 bits per heavy atom. The number of unbranched alkanes of at least 4 members (excludes halogenated alkanes) is 1. The van der Waals surface area contributed by atoms with Crippen molar-refractivity contribution in [2.45, 2.75) is 90.9 Å². The second kappa shape index (κ2) is 10.8. The predicted octanol–water partition coefficient (Wildman–Crippen LogP) is 8.80. The molecule has 152 valence electrons. The molecule has 0 bridgehead atoms. The van der Waals surface area contributed by atoms with Crippen LogP contribution in [0.4, 0.5) is 0 Å². The molecule has 2 aromatic carbocycles. The average Bonchev–Trinajstić information content (AvgIpc) is 2.77. The Balaban J connectivity index is 1.52. The van der Waals surface area contributed by atoms with Crippen LogP contribution in [0, 0.1) is 11.8 Å². The SMILES string of the molecule is CCCCC(CC)CC1CCC(c2ccc(-c3ccc(CC)cc3)cc2)CC1. The van der Waals surface area contributed by atoms with Crippen LogP contribution in [-0.2, 0) is 6.42 Å². The van der Waals surface area contributed by atoms with Crippen LogP contribution >= 0.6 is 0 Å². The van der Waals surface area contributed by atoms with E-state index in [1.165, 1.54) is 74.5 Å². The first kappa shape index (κ1) is 21.2. The van der Waals surface area contributed by atoms with Gasteiger partial charge in [0.15, 0.2) is 0 Å². The quantitative estimate of drug-likeness (QED) is 0.410. The van der Waals surface area contributed by atoms with E-state index in [1.54, 1.807) is 5.56 Å². The van der Waals surface area contributed by atoms with Crippen LogP contribution in [0.25, 0.3) is 11.1 Å². The summed E-state index contributed by atoms with van der Waals surface area (Å²) >= 11 is 0. The van der Waals surface area contributed by atoms with Gasteiger partial charge in [-0.15, -0.1) is 0 Å². The molecule has 1 unspecified atom stereocenters. The van der Waals surface area contributed by atoms with Gasteiger partial charge in [0.25, 0.3) is 0 Å². The molecule has 0 radical (unpaired) electrons. The van der Waals surface area contributed by atoms with Crippen molar-refractivity contribution >= 4 is 0 Å². The lowest BCUT2D eigenvalue weighted by atomic mass is 9.74. The van der Waals surface area contributed by atoms with E-state index in [1.807, 2.05) is 0 Å². The molecule has 1 aliphatic carbocycles. The summed E-state index contributed by atoms with van der Waals surface area (Å²) in [7, 11) is 0. The fourth-order valence-corrected chi connectivity index (χ4v) is 5.06.